The lowest BCUT2D eigenvalue weighted by Crippen LogP contribution is -2.29. The van der Waals surface area contributed by atoms with Crippen LogP contribution in [0.25, 0.3) is 0 Å². The first kappa shape index (κ1) is 14.9. The third kappa shape index (κ3) is 7.74. The van der Waals surface area contributed by atoms with Crippen LogP contribution >= 0.6 is 0 Å². The van der Waals surface area contributed by atoms with Gasteiger partial charge in [-0.2, -0.15) is 0 Å². The van der Waals surface area contributed by atoms with Crippen LogP contribution in [-0.2, 0) is 9.47 Å². The number of hydrogen-bond donors (Lipinski definition) is 1. The molecule has 1 aliphatic rings. The molecular formula is C14H29NO2. The highest BCUT2D eigenvalue weighted by atomic mass is 16.5. The van der Waals surface area contributed by atoms with Crippen molar-refractivity contribution in [2.75, 3.05) is 32.9 Å². The van der Waals surface area contributed by atoms with Gasteiger partial charge in [0.1, 0.15) is 0 Å². The minimum atomic E-state index is 0.335. The summed E-state index contributed by atoms with van der Waals surface area (Å²) in [5.41, 5.74) is 0. The third-order valence-corrected chi connectivity index (χ3v) is 3.43. The summed E-state index contributed by atoms with van der Waals surface area (Å²) in [6.45, 7) is 8.78. The second-order valence-electron chi connectivity index (χ2n) is 5.02. The van der Waals surface area contributed by atoms with Gasteiger partial charge in [-0.3, -0.25) is 0 Å². The van der Waals surface area contributed by atoms with Gasteiger partial charge in [-0.05, 0) is 39.2 Å². The van der Waals surface area contributed by atoms with Gasteiger partial charge in [-0.25, -0.2) is 0 Å². The van der Waals surface area contributed by atoms with E-state index in [1.807, 2.05) is 6.92 Å². The highest BCUT2D eigenvalue weighted by Crippen LogP contribution is 2.29. The van der Waals surface area contributed by atoms with Crippen molar-refractivity contribution in [3.05, 3.63) is 0 Å². The van der Waals surface area contributed by atoms with Crippen molar-refractivity contribution in [1.29, 1.82) is 0 Å². The molecule has 0 bridgehead atoms. The molecule has 3 nitrogen and oxygen atoms in total. The first-order valence-corrected chi connectivity index (χ1v) is 7.23. The van der Waals surface area contributed by atoms with Crippen molar-refractivity contribution in [2.24, 2.45) is 5.92 Å². The van der Waals surface area contributed by atoms with Gasteiger partial charge in [0.2, 0.25) is 0 Å². The SMILES string of the molecule is CCOCCCNCC(C)OCCC1CCC1. The molecule has 0 amide bonds. The maximum Gasteiger partial charge on any atom is 0.0671 e. The molecule has 1 atom stereocenters. The van der Waals surface area contributed by atoms with E-state index in [9.17, 15) is 0 Å². The van der Waals surface area contributed by atoms with Crippen LogP contribution in [0.15, 0.2) is 0 Å². The molecule has 1 aliphatic carbocycles. The maximum absolute atomic E-state index is 5.78. The zero-order valence-electron chi connectivity index (χ0n) is 11.5. The predicted octanol–water partition coefficient (Wildman–Crippen LogP) is 2.60. The molecule has 17 heavy (non-hydrogen) atoms. The van der Waals surface area contributed by atoms with Crippen LogP contribution in [0.1, 0.15) is 46.0 Å². The Kier molecular flexibility index (Phi) is 8.67. The van der Waals surface area contributed by atoms with Crippen molar-refractivity contribution < 1.29 is 9.47 Å². The largest absolute Gasteiger partial charge is 0.382 e. The lowest BCUT2D eigenvalue weighted by Gasteiger charge is -2.25. The fourth-order valence-corrected chi connectivity index (χ4v) is 2.03. The second kappa shape index (κ2) is 9.86. The molecule has 1 saturated carbocycles. The fourth-order valence-electron chi connectivity index (χ4n) is 2.03. The van der Waals surface area contributed by atoms with E-state index in [0.717, 1.165) is 45.2 Å². The van der Waals surface area contributed by atoms with Crippen LogP contribution in [0.2, 0.25) is 0 Å². The first-order chi connectivity index (χ1) is 8.33. The summed E-state index contributed by atoms with van der Waals surface area (Å²) >= 11 is 0. The minimum absolute atomic E-state index is 0.335. The molecule has 0 spiro atoms. The standard InChI is InChI=1S/C14H29NO2/c1-3-16-10-5-9-15-12-13(2)17-11-8-14-6-4-7-14/h13-15H,3-12H2,1-2H3. The van der Waals surface area contributed by atoms with Crippen molar-refractivity contribution >= 4 is 0 Å². The number of hydrogen-bond acceptors (Lipinski definition) is 3. The molecule has 0 aliphatic heterocycles. The van der Waals surface area contributed by atoms with Gasteiger partial charge < -0.3 is 14.8 Å². The summed E-state index contributed by atoms with van der Waals surface area (Å²) in [5, 5.41) is 3.41. The van der Waals surface area contributed by atoms with E-state index in [4.69, 9.17) is 9.47 Å². The topological polar surface area (TPSA) is 30.5 Å². The minimum Gasteiger partial charge on any atom is -0.382 e. The van der Waals surface area contributed by atoms with E-state index in [1.54, 1.807) is 0 Å². The molecule has 1 N–H and O–H groups in total. The van der Waals surface area contributed by atoms with Crippen LogP contribution in [0.3, 0.4) is 0 Å². The van der Waals surface area contributed by atoms with Crippen LogP contribution in [0.5, 0.6) is 0 Å². The molecule has 0 aromatic rings. The Balaban J connectivity index is 1.78. The van der Waals surface area contributed by atoms with Gasteiger partial charge in [0.25, 0.3) is 0 Å². The Hall–Kier alpha value is -0.120. The van der Waals surface area contributed by atoms with E-state index < -0.39 is 0 Å². The van der Waals surface area contributed by atoms with E-state index in [1.165, 1.54) is 25.7 Å². The average Bonchev–Trinajstić information content (AvgIpc) is 2.27. The number of rotatable bonds is 11. The molecule has 0 saturated heterocycles. The van der Waals surface area contributed by atoms with Crippen molar-refractivity contribution in [3.8, 4) is 0 Å². The summed E-state index contributed by atoms with van der Waals surface area (Å²) in [4.78, 5) is 0. The van der Waals surface area contributed by atoms with Crippen LogP contribution < -0.4 is 5.32 Å². The fraction of sp³-hybridized carbons (Fsp3) is 1.00. The molecule has 1 rings (SSSR count). The predicted molar refractivity (Wildman–Crippen MR) is 71.4 cm³/mol. The first-order valence-electron chi connectivity index (χ1n) is 7.23. The Labute approximate surface area is 106 Å². The highest BCUT2D eigenvalue weighted by molar-refractivity contribution is 4.69. The molecular weight excluding hydrogens is 214 g/mol. The average molecular weight is 243 g/mol. The van der Waals surface area contributed by atoms with Gasteiger partial charge in [0, 0.05) is 26.4 Å². The lowest BCUT2D eigenvalue weighted by atomic mass is 9.83. The zero-order chi connectivity index (χ0) is 12.3. The summed E-state index contributed by atoms with van der Waals surface area (Å²) < 4.78 is 11.1. The van der Waals surface area contributed by atoms with E-state index in [-0.39, 0.29) is 0 Å². The van der Waals surface area contributed by atoms with Crippen molar-refractivity contribution in [2.45, 2.75) is 52.1 Å². The Morgan fingerprint density at radius 2 is 2.12 bits per heavy atom. The van der Waals surface area contributed by atoms with Crippen LogP contribution in [0, 0.1) is 5.92 Å². The Bertz CT molecular complexity index is 172. The molecule has 1 fully saturated rings. The van der Waals surface area contributed by atoms with Crippen LogP contribution in [-0.4, -0.2) is 39.0 Å². The molecule has 1 unspecified atom stereocenters. The van der Waals surface area contributed by atoms with E-state index >= 15 is 0 Å². The molecule has 0 radical (unpaired) electrons. The summed E-state index contributed by atoms with van der Waals surface area (Å²) in [5.74, 6) is 0.960. The van der Waals surface area contributed by atoms with Gasteiger partial charge in [0.05, 0.1) is 6.10 Å². The lowest BCUT2D eigenvalue weighted by molar-refractivity contribution is 0.0488. The molecule has 0 aromatic heterocycles. The number of ether oxygens (including phenoxy) is 2. The maximum atomic E-state index is 5.78. The molecule has 3 heteroatoms. The van der Waals surface area contributed by atoms with Crippen LogP contribution in [0.4, 0.5) is 0 Å². The number of nitrogens with one attached hydrogen (secondary N) is 1. The Morgan fingerprint density at radius 3 is 2.76 bits per heavy atom. The van der Waals surface area contributed by atoms with Gasteiger partial charge in [0.15, 0.2) is 0 Å². The molecule has 102 valence electrons. The van der Waals surface area contributed by atoms with E-state index in [0.29, 0.717) is 6.10 Å². The van der Waals surface area contributed by atoms with E-state index in [2.05, 4.69) is 12.2 Å². The highest BCUT2D eigenvalue weighted by Gasteiger charge is 2.16. The smallest absolute Gasteiger partial charge is 0.0671 e. The third-order valence-electron chi connectivity index (χ3n) is 3.43. The van der Waals surface area contributed by atoms with Crippen molar-refractivity contribution in [1.82, 2.24) is 5.32 Å². The van der Waals surface area contributed by atoms with Gasteiger partial charge in [-0.15, -0.1) is 0 Å². The summed E-state index contributed by atoms with van der Waals surface area (Å²) in [6.07, 6.45) is 6.96. The molecule has 0 heterocycles. The summed E-state index contributed by atoms with van der Waals surface area (Å²) in [7, 11) is 0. The monoisotopic (exact) mass is 243 g/mol. The molecule has 0 aromatic carbocycles. The quantitative estimate of drug-likeness (QED) is 0.566. The van der Waals surface area contributed by atoms with Gasteiger partial charge in [-0.1, -0.05) is 19.3 Å². The summed E-state index contributed by atoms with van der Waals surface area (Å²) in [6, 6.07) is 0. The zero-order valence-corrected chi connectivity index (χ0v) is 11.5. The van der Waals surface area contributed by atoms with Crippen molar-refractivity contribution in [3.63, 3.8) is 0 Å². The van der Waals surface area contributed by atoms with Gasteiger partial charge >= 0.3 is 0 Å². The second-order valence-corrected chi connectivity index (χ2v) is 5.02. The Morgan fingerprint density at radius 1 is 1.29 bits per heavy atom. The normalized spacial score (nSPS) is 18.0.